The van der Waals surface area contributed by atoms with Gasteiger partial charge in [-0.1, -0.05) is 12.1 Å². The molecule has 0 saturated carbocycles. The second kappa shape index (κ2) is 6.33. The lowest BCUT2D eigenvalue weighted by molar-refractivity contribution is -0.125. The molecule has 1 aliphatic heterocycles. The number of aromatic carboxylic acids is 1. The van der Waals surface area contributed by atoms with Crippen molar-refractivity contribution in [1.82, 2.24) is 10.6 Å². The van der Waals surface area contributed by atoms with Crippen LogP contribution in [0.5, 0.6) is 0 Å². The van der Waals surface area contributed by atoms with Crippen LogP contribution in [0.1, 0.15) is 28.8 Å². The van der Waals surface area contributed by atoms with Gasteiger partial charge in [0.2, 0.25) is 5.91 Å². The van der Waals surface area contributed by atoms with Crippen LogP contribution in [-0.2, 0) is 11.3 Å². The zero-order valence-electron chi connectivity index (χ0n) is 10.7. The maximum Gasteiger partial charge on any atom is 0.335 e. The number of rotatable bonds is 4. The highest BCUT2D eigenvalue weighted by atomic mass is 16.4. The van der Waals surface area contributed by atoms with Crippen LogP contribution >= 0.6 is 0 Å². The molecule has 0 aliphatic carbocycles. The Morgan fingerprint density at radius 2 is 2.05 bits per heavy atom. The number of carboxylic acid groups (broad SMARTS) is 1. The summed E-state index contributed by atoms with van der Waals surface area (Å²) in [7, 11) is 0. The van der Waals surface area contributed by atoms with Crippen LogP contribution in [0.3, 0.4) is 0 Å². The third-order valence-corrected chi connectivity index (χ3v) is 3.34. The van der Waals surface area contributed by atoms with Crippen LogP contribution in [0.2, 0.25) is 0 Å². The normalized spacial score (nSPS) is 18.8. The zero-order chi connectivity index (χ0) is 13.7. The number of hydrogen-bond donors (Lipinski definition) is 3. The molecule has 0 aromatic heterocycles. The van der Waals surface area contributed by atoms with Crippen molar-refractivity contribution < 1.29 is 14.7 Å². The van der Waals surface area contributed by atoms with E-state index < -0.39 is 5.97 Å². The average molecular weight is 262 g/mol. The fourth-order valence-corrected chi connectivity index (χ4v) is 2.17. The number of piperidine rings is 1. The molecule has 0 unspecified atom stereocenters. The topological polar surface area (TPSA) is 78.4 Å². The number of benzene rings is 1. The summed E-state index contributed by atoms with van der Waals surface area (Å²) in [5.41, 5.74) is 1.16. The Kier molecular flexibility index (Phi) is 4.52. The highest BCUT2D eigenvalue weighted by molar-refractivity contribution is 5.87. The summed E-state index contributed by atoms with van der Waals surface area (Å²) in [6.45, 7) is 2.17. The molecule has 1 heterocycles. The van der Waals surface area contributed by atoms with Crippen LogP contribution in [0.15, 0.2) is 24.3 Å². The Bertz CT molecular complexity index is 450. The highest BCUT2D eigenvalue weighted by Gasteiger charge is 2.20. The maximum absolute atomic E-state index is 11.9. The van der Waals surface area contributed by atoms with E-state index in [-0.39, 0.29) is 17.4 Å². The van der Waals surface area contributed by atoms with E-state index >= 15 is 0 Å². The quantitative estimate of drug-likeness (QED) is 0.756. The summed E-state index contributed by atoms with van der Waals surface area (Å²) in [4.78, 5) is 22.6. The monoisotopic (exact) mass is 262 g/mol. The SMILES string of the molecule is O=C(O)c1ccc(CNC(=O)[C@H]2CCCNC2)cc1. The van der Waals surface area contributed by atoms with Crippen LogP contribution in [0.25, 0.3) is 0 Å². The Morgan fingerprint density at radius 1 is 1.32 bits per heavy atom. The fraction of sp³-hybridized carbons (Fsp3) is 0.429. The van der Waals surface area contributed by atoms with Gasteiger partial charge in [-0.2, -0.15) is 0 Å². The molecule has 1 atom stereocenters. The van der Waals surface area contributed by atoms with E-state index in [9.17, 15) is 9.59 Å². The number of carbonyl (C=O) groups is 2. The Morgan fingerprint density at radius 3 is 2.63 bits per heavy atom. The van der Waals surface area contributed by atoms with E-state index in [1.165, 1.54) is 0 Å². The van der Waals surface area contributed by atoms with Crippen LogP contribution in [0, 0.1) is 5.92 Å². The summed E-state index contributed by atoms with van der Waals surface area (Å²) in [6.07, 6.45) is 1.96. The van der Waals surface area contributed by atoms with Crippen molar-refractivity contribution in [2.75, 3.05) is 13.1 Å². The van der Waals surface area contributed by atoms with Crippen molar-refractivity contribution in [1.29, 1.82) is 0 Å². The first kappa shape index (κ1) is 13.5. The van der Waals surface area contributed by atoms with E-state index in [1.54, 1.807) is 24.3 Å². The van der Waals surface area contributed by atoms with Crippen LogP contribution in [-0.4, -0.2) is 30.1 Å². The average Bonchev–Trinajstić information content (AvgIpc) is 2.46. The molecule has 0 spiro atoms. The van der Waals surface area contributed by atoms with Crippen molar-refractivity contribution in [3.05, 3.63) is 35.4 Å². The predicted octanol–water partition coefficient (Wildman–Crippen LogP) is 1.00. The van der Waals surface area contributed by atoms with Crippen LogP contribution in [0.4, 0.5) is 0 Å². The standard InChI is InChI=1S/C14H18N2O3/c17-13(12-2-1-7-15-9-12)16-8-10-3-5-11(6-4-10)14(18)19/h3-6,12,15H,1-2,7-9H2,(H,16,17)(H,18,19)/t12-/m0/s1. The summed E-state index contributed by atoms with van der Waals surface area (Å²) >= 11 is 0. The maximum atomic E-state index is 11.9. The lowest BCUT2D eigenvalue weighted by Crippen LogP contribution is -2.40. The number of nitrogens with one attached hydrogen (secondary N) is 2. The molecule has 0 radical (unpaired) electrons. The summed E-state index contributed by atoms with van der Waals surface area (Å²) < 4.78 is 0. The number of hydrogen-bond acceptors (Lipinski definition) is 3. The molecule has 102 valence electrons. The largest absolute Gasteiger partial charge is 0.478 e. The molecular weight excluding hydrogens is 244 g/mol. The molecule has 5 heteroatoms. The molecule has 3 N–H and O–H groups in total. The molecule has 2 rings (SSSR count). The predicted molar refractivity (Wildman–Crippen MR) is 70.8 cm³/mol. The van der Waals surface area contributed by atoms with Crippen molar-refractivity contribution in [2.24, 2.45) is 5.92 Å². The van der Waals surface area contributed by atoms with Crippen molar-refractivity contribution >= 4 is 11.9 Å². The van der Waals surface area contributed by atoms with E-state index in [4.69, 9.17) is 5.11 Å². The number of carboxylic acids is 1. The van der Waals surface area contributed by atoms with Gasteiger partial charge in [-0.15, -0.1) is 0 Å². The molecule has 0 bridgehead atoms. The second-order valence-electron chi connectivity index (χ2n) is 4.76. The van der Waals surface area contributed by atoms with E-state index in [1.807, 2.05) is 0 Å². The second-order valence-corrected chi connectivity index (χ2v) is 4.76. The fourth-order valence-electron chi connectivity index (χ4n) is 2.17. The minimum absolute atomic E-state index is 0.0482. The van der Waals surface area contributed by atoms with Gasteiger partial charge < -0.3 is 15.7 Å². The Labute approximate surface area is 112 Å². The highest BCUT2D eigenvalue weighted by Crippen LogP contribution is 2.10. The summed E-state index contributed by atoms with van der Waals surface area (Å²) in [6, 6.07) is 6.55. The lowest BCUT2D eigenvalue weighted by atomic mass is 9.99. The van der Waals surface area contributed by atoms with Gasteiger partial charge in [-0.3, -0.25) is 4.79 Å². The van der Waals surface area contributed by atoms with E-state index in [2.05, 4.69) is 10.6 Å². The molecular formula is C14H18N2O3. The molecule has 1 amide bonds. The zero-order valence-corrected chi connectivity index (χ0v) is 10.7. The van der Waals surface area contributed by atoms with Gasteiger partial charge in [0.1, 0.15) is 0 Å². The number of carbonyl (C=O) groups excluding carboxylic acids is 1. The first-order valence-electron chi connectivity index (χ1n) is 6.47. The molecule has 1 aliphatic rings. The minimum atomic E-state index is -0.941. The van der Waals surface area contributed by atoms with Gasteiger partial charge in [-0.25, -0.2) is 4.79 Å². The first-order chi connectivity index (χ1) is 9.16. The van der Waals surface area contributed by atoms with Gasteiger partial charge >= 0.3 is 5.97 Å². The smallest absolute Gasteiger partial charge is 0.335 e. The van der Waals surface area contributed by atoms with Gasteiger partial charge in [0.05, 0.1) is 11.5 Å². The molecule has 19 heavy (non-hydrogen) atoms. The van der Waals surface area contributed by atoms with E-state index in [0.717, 1.165) is 31.5 Å². The van der Waals surface area contributed by atoms with Gasteiger partial charge in [0.25, 0.3) is 0 Å². The molecule has 1 saturated heterocycles. The van der Waals surface area contributed by atoms with Crippen molar-refractivity contribution in [3.63, 3.8) is 0 Å². The van der Waals surface area contributed by atoms with E-state index in [0.29, 0.717) is 6.54 Å². The van der Waals surface area contributed by atoms with Gasteiger partial charge in [0, 0.05) is 13.1 Å². The Balaban J connectivity index is 1.84. The third kappa shape index (κ3) is 3.79. The summed E-state index contributed by atoms with van der Waals surface area (Å²) in [5, 5.41) is 14.9. The Hall–Kier alpha value is -1.88. The molecule has 1 fully saturated rings. The molecule has 1 aromatic carbocycles. The van der Waals surface area contributed by atoms with Gasteiger partial charge in [-0.05, 0) is 37.1 Å². The lowest BCUT2D eigenvalue weighted by Gasteiger charge is -2.21. The van der Waals surface area contributed by atoms with Gasteiger partial charge in [0.15, 0.2) is 0 Å². The number of amides is 1. The minimum Gasteiger partial charge on any atom is -0.478 e. The molecule has 1 aromatic rings. The summed E-state index contributed by atoms with van der Waals surface area (Å²) in [5.74, 6) is -0.828. The van der Waals surface area contributed by atoms with Crippen LogP contribution < -0.4 is 10.6 Å². The molecule has 5 nitrogen and oxygen atoms in total. The third-order valence-electron chi connectivity index (χ3n) is 3.34. The van der Waals surface area contributed by atoms with Crippen molar-refractivity contribution in [2.45, 2.75) is 19.4 Å². The van der Waals surface area contributed by atoms with Crippen molar-refractivity contribution in [3.8, 4) is 0 Å². The first-order valence-corrected chi connectivity index (χ1v) is 6.47.